The minimum atomic E-state index is 0.403. The van der Waals surface area contributed by atoms with Crippen molar-refractivity contribution in [2.24, 2.45) is 0 Å². The van der Waals surface area contributed by atoms with E-state index in [9.17, 15) is 4.79 Å². The van der Waals surface area contributed by atoms with E-state index >= 15 is 0 Å². The van der Waals surface area contributed by atoms with Crippen LogP contribution in [-0.2, 0) is 11.3 Å². The van der Waals surface area contributed by atoms with E-state index in [1.165, 1.54) is 5.56 Å². The average Bonchev–Trinajstić information content (AvgIpc) is 2.18. The second-order valence-electron chi connectivity index (χ2n) is 3.68. The van der Waals surface area contributed by atoms with Crippen LogP contribution in [0.4, 0.5) is 0 Å². The van der Waals surface area contributed by atoms with E-state index < -0.39 is 0 Å². The zero-order valence-electron chi connectivity index (χ0n) is 8.81. The maximum absolute atomic E-state index is 10.5. The molecule has 0 unspecified atom stereocenters. The molecule has 0 bridgehead atoms. The second-order valence-corrected chi connectivity index (χ2v) is 3.68. The molecule has 1 rings (SSSR count). The topological polar surface area (TPSA) is 20.3 Å². The standard InChI is InChI=1S/C12H17NO/c1-11(2)13(8-9-14)10-12-6-4-3-5-7-12/h3-7,9,11H,8,10H2,1-2H3. The Morgan fingerprint density at radius 1 is 1.29 bits per heavy atom. The lowest BCUT2D eigenvalue weighted by Crippen LogP contribution is -2.31. The molecule has 0 saturated heterocycles. The summed E-state index contributed by atoms with van der Waals surface area (Å²) in [5.74, 6) is 0. The number of hydrogen-bond acceptors (Lipinski definition) is 2. The van der Waals surface area contributed by atoms with Gasteiger partial charge in [-0.25, -0.2) is 0 Å². The van der Waals surface area contributed by atoms with Crippen LogP contribution in [0.25, 0.3) is 0 Å². The molecule has 0 amide bonds. The fraction of sp³-hybridized carbons (Fsp3) is 0.417. The van der Waals surface area contributed by atoms with Gasteiger partial charge in [0, 0.05) is 12.6 Å². The first-order valence-corrected chi connectivity index (χ1v) is 4.95. The third-order valence-electron chi connectivity index (χ3n) is 2.27. The van der Waals surface area contributed by atoms with E-state index in [-0.39, 0.29) is 0 Å². The Morgan fingerprint density at radius 2 is 1.93 bits per heavy atom. The van der Waals surface area contributed by atoms with Crippen molar-refractivity contribution < 1.29 is 4.79 Å². The van der Waals surface area contributed by atoms with Crippen LogP contribution in [0.3, 0.4) is 0 Å². The summed E-state index contributed by atoms with van der Waals surface area (Å²) in [7, 11) is 0. The average molecular weight is 191 g/mol. The summed E-state index contributed by atoms with van der Waals surface area (Å²) in [6.45, 7) is 5.56. The molecule has 0 spiro atoms. The SMILES string of the molecule is CC(C)N(CC=O)Cc1ccccc1. The molecule has 1 aromatic rings. The minimum Gasteiger partial charge on any atom is -0.302 e. The first kappa shape index (κ1) is 10.9. The molecule has 0 saturated carbocycles. The lowest BCUT2D eigenvalue weighted by molar-refractivity contribution is -0.109. The summed E-state index contributed by atoms with van der Waals surface area (Å²) < 4.78 is 0. The van der Waals surface area contributed by atoms with E-state index in [4.69, 9.17) is 0 Å². The zero-order chi connectivity index (χ0) is 10.4. The van der Waals surface area contributed by atoms with Gasteiger partial charge in [0.1, 0.15) is 6.29 Å². The number of nitrogens with zero attached hydrogens (tertiary/aromatic N) is 1. The summed E-state index contributed by atoms with van der Waals surface area (Å²) in [6.07, 6.45) is 0.961. The Bertz CT molecular complexity index is 269. The van der Waals surface area contributed by atoms with Gasteiger partial charge in [-0.05, 0) is 19.4 Å². The molecular weight excluding hydrogens is 174 g/mol. The Morgan fingerprint density at radius 3 is 2.43 bits per heavy atom. The molecule has 0 heterocycles. The van der Waals surface area contributed by atoms with Crippen molar-refractivity contribution in [2.75, 3.05) is 6.54 Å². The Labute approximate surface area is 85.5 Å². The van der Waals surface area contributed by atoms with Crippen molar-refractivity contribution >= 4 is 6.29 Å². The predicted octanol–water partition coefficient (Wildman–Crippen LogP) is 2.10. The highest BCUT2D eigenvalue weighted by Gasteiger charge is 2.08. The highest BCUT2D eigenvalue weighted by Crippen LogP contribution is 2.06. The summed E-state index contributed by atoms with van der Waals surface area (Å²) in [5, 5.41) is 0. The van der Waals surface area contributed by atoms with Gasteiger partial charge in [-0.1, -0.05) is 30.3 Å². The molecule has 0 radical (unpaired) electrons. The summed E-state index contributed by atoms with van der Waals surface area (Å²) in [4.78, 5) is 12.6. The Hall–Kier alpha value is -1.15. The maximum Gasteiger partial charge on any atom is 0.134 e. The van der Waals surface area contributed by atoms with E-state index in [1.807, 2.05) is 18.2 Å². The van der Waals surface area contributed by atoms with Crippen molar-refractivity contribution in [3.63, 3.8) is 0 Å². The summed E-state index contributed by atoms with van der Waals surface area (Å²) in [5.41, 5.74) is 1.25. The Balaban J connectivity index is 2.60. The van der Waals surface area contributed by atoms with Gasteiger partial charge in [-0.2, -0.15) is 0 Å². The highest BCUT2D eigenvalue weighted by atomic mass is 16.1. The van der Waals surface area contributed by atoms with Gasteiger partial charge in [-0.15, -0.1) is 0 Å². The van der Waals surface area contributed by atoms with Gasteiger partial charge in [0.15, 0.2) is 0 Å². The van der Waals surface area contributed by atoms with Crippen LogP contribution in [0.1, 0.15) is 19.4 Å². The van der Waals surface area contributed by atoms with Crippen LogP contribution in [0.15, 0.2) is 30.3 Å². The minimum absolute atomic E-state index is 0.403. The smallest absolute Gasteiger partial charge is 0.134 e. The van der Waals surface area contributed by atoms with Gasteiger partial charge in [0.2, 0.25) is 0 Å². The fourth-order valence-electron chi connectivity index (χ4n) is 1.37. The molecule has 1 aromatic carbocycles. The van der Waals surface area contributed by atoms with Gasteiger partial charge >= 0.3 is 0 Å². The van der Waals surface area contributed by atoms with Gasteiger partial charge in [0.25, 0.3) is 0 Å². The molecule has 76 valence electrons. The lowest BCUT2D eigenvalue weighted by Gasteiger charge is -2.23. The molecule has 0 N–H and O–H groups in total. The van der Waals surface area contributed by atoms with Crippen LogP contribution in [-0.4, -0.2) is 23.8 Å². The van der Waals surface area contributed by atoms with Crippen molar-refractivity contribution in [1.82, 2.24) is 4.90 Å². The predicted molar refractivity (Wildman–Crippen MR) is 58.1 cm³/mol. The normalized spacial score (nSPS) is 10.9. The zero-order valence-corrected chi connectivity index (χ0v) is 8.81. The molecule has 0 aliphatic heterocycles. The lowest BCUT2D eigenvalue weighted by atomic mass is 10.2. The highest BCUT2D eigenvalue weighted by molar-refractivity contribution is 5.52. The number of hydrogen-bond donors (Lipinski definition) is 0. The summed E-state index contributed by atoms with van der Waals surface area (Å²) >= 11 is 0. The van der Waals surface area contributed by atoms with E-state index in [2.05, 4.69) is 30.9 Å². The van der Waals surface area contributed by atoms with Gasteiger partial charge < -0.3 is 4.79 Å². The van der Waals surface area contributed by atoms with Crippen molar-refractivity contribution in [1.29, 1.82) is 0 Å². The first-order valence-electron chi connectivity index (χ1n) is 4.95. The number of carbonyl (C=O) groups excluding carboxylic acids is 1. The molecule has 0 aromatic heterocycles. The molecular formula is C12H17NO. The molecule has 0 fully saturated rings. The molecule has 0 aliphatic rings. The number of aldehydes is 1. The Kier molecular flexibility index (Phi) is 4.33. The third-order valence-corrected chi connectivity index (χ3v) is 2.27. The summed E-state index contributed by atoms with van der Waals surface area (Å²) in [6, 6.07) is 10.6. The van der Waals surface area contributed by atoms with E-state index in [1.54, 1.807) is 0 Å². The number of carbonyl (C=O) groups is 1. The maximum atomic E-state index is 10.5. The van der Waals surface area contributed by atoms with E-state index in [0.717, 1.165) is 12.8 Å². The van der Waals surface area contributed by atoms with Crippen LogP contribution < -0.4 is 0 Å². The quantitative estimate of drug-likeness (QED) is 0.664. The van der Waals surface area contributed by atoms with Crippen LogP contribution in [0.2, 0.25) is 0 Å². The molecule has 2 nitrogen and oxygen atoms in total. The van der Waals surface area contributed by atoms with Crippen LogP contribution >= 0.6 is 0 Å². The molecule has 14 heavy (non-hydrogen) atoms. The molecule has 2 heteroatoms. The van der Waals surface area contributed by atoms with Gasteiger partial charge in [-0.3, -0.25) is 4.90 Å². The first-order chi connectivity index (χ1) is 6.74. The second kappa shape index (κ2) is 5.55. The van der Waals surface area contributed by atoms with Crippen molar-refractivity contribution in [3.8, 4) is 0 Å². The van der Waals surface area contributed by atoms with Gasteiger partial charge in [0.05, 0.1) is 6.54 Å². The largest absolute Gasteiger partial charge is 0.302 e. The molecule has 0 atom stereocenters. The van der Waals surface area contributed by atoms with Crippen LogP contribution in [0.5, 0.6) is 0 Å². The number of rotatable bonds is 5. The van der Waals surface area contributed by atoms with Crippen molar-refractivity contribution in [2.45, 2.75) is 26.4 Å². The monoisotopic (exact) mass is 191 g/mol. The van der Waals surface area contributed by atoms with Crippen molar-refractivity contribution in [3.05, 3.63) is 35.9 Å². The number of benzene rings is 1. The van der Waals surface area contributed by atoms with E-state index in [0.29, 0.717) is 12.6 Å². The van der Waals surface area contributed by atoms with Crippen LogP contribution in [0, 0.1) is 0 Å². The third kappa shape index (κ3) is 3.30. The molecule has 0 aliphatic carbocycles. The fourth-order valence-corrected chi connectivity index (χ4v) is 1.37.